The van der Waals surface area contributed by atoms with Crippen LogP contribution < -0.4 is 11.0 Å². The average molecular weight is 373 g/mol. The van der Waals surface area contributed by atoms with Crippen molar-refractivity contribution in [3.63, 3.8) is 0 Å². The van der Waals surface area contributed by atoms with Crippen molar-refractivity contribution in [1.29, 1.82) is 0 Å². The van der Waals surface area contributed by atoms with Gasteiger partial charge in [-0.2, -0.15) is 0 Å². The summed E-state index contributed by atoms with van der Waals surface area (Å²) in [6, 6.07) is 8.40. The van der Waals surface area contributed by atoms with Gasteiger partial charge in [0.25, 0.3) is 0 Å². The van der Waals surface area contributed by atoms with Crippen molar-refractivity contribution in [2.24, 2.45) is 0 Å². The van der Waals surface area contributed by atoms with Gasteiger partial charge in [-0.3, -0.25) is 0 Å². The minimum Gasteiger partial charge on any atom is -0.378 e. The second-order valence-corrected chi connectivity index (χ2v) is 7.15. The molecule has 142 valence electrons. The van der Waals surface area contributed by atoms with Crippen molar-refractivity contribution >= 4 is 11.3 Å². The number of rotatable bonds is 4. The van der Waals surface area contributed by atoms with Gasteiger partial charge in [-0.1, -0.05) is 18.2 Å². The van der Waals surface area contributed by atoms with Crippen LogP contribution in [0, 0.1) is 27.7 Å². The number of pyridine rings is 1. The number of H-pyrrole nitrogens is 1. The number of aryl methyl sites for hydroxylation is 4. The largest absolute Gasteiger partial charge is 0.378 e. The fraction of sp³-hybridized carbons (Fsp3) is 0.227. The number of imidazole rings is 1. The Labute approximate surface area is 163 Å². The van der Waals surface area contributed by atoms with Gasteiger partial charge in [-0.25, -0.2) is 14.8 Å². The Bertz CT molecular complexity index is 1200. The third-order valence-corrected chi connectivity index (χ3v) is 5.30. The molecule has 6 heteroatoms. The van der Waals surface area contributed by atoms with Gasteiger partial charge in [0.2, 0.25) is 0 Å². The minimum absolute atomic E-state index is 0.354. The number of benzene rings is 1. The zero-order valence-electron chi connectivity index (χ0n) is 16.5. The molecule has 4 rings (SSSR count). The molecule has 0 saturated carbocycles. The molecule has 0 saturated heterocycles. The molecule has 1 aromatic carbocycles. The summed E-state index contributed by atoms with van der Waals surface area (Å²) in [6.07, 6.45) is 5.31. The van der Waals surface area contributed by atoms with Crippen LogP contribution in [0.4, 0.5) is 5.69 Å². The van der Waals surface area contributed by atoms with Crippen molar-refractivity contribution in [1.82, 2.24) is 19.4 Å². The Hall–Kier alpha value is -3.41. The van der Waals surface area contributed by atoms with Crippen LogP contribution in [0.3, 0.4) is 0 Å². The summed E-state index contributed by atoms with van der Waals surface area (Å²) in [5.41, 5.74) is 9.19. The van der Waals surface area contributed by atoms with Gasteiger partial charge < -0.3 is 14.7 Å². The van der Waals surface area contributed by atoms with E-state index in [1.807, 2.05) is 13.1 Å². The molecule has 0 spiro atoms. The first kappa shape index (κ1) is 18.0. The molecule has 0 fully saturated rings. The van der Waals surface area contributed by atoms with Crippen LogP contribution in [0.1, 0.15) is 28.1 Å². The highest BCUT2D eigenvalue weighted by Gasteiger charge is 2.13. The molecule has 2 N–H and O–H groups in total. The molecule has 0 amide bonds. The molecule has 0 aliphatic carbocycles. The highest BCUT2D eigenvalue weighted by atomic mass is 16.1. The number of aromatic amines is 1. The number of nitrogens with zero attached hydrogens (tertiary/aromatic N) is 3. The van der Waals surface area contributed by atoms with Crippen LogP contribution in [0.5, 0.6) is 0 Å². The maximum absolute atomic E-state index is 11.3. The van der Waals surface area contributed by atoms with E-state index in [0.717, 1.165) is 33.8 Å². The summed E-state index contributed by atoms with van der Waals surface area (Å²) in [7, 11) is 0. The monoisotopic (exact) mass is 373 g/mol. The minimum atomic E-state index is -0.354. The number of hydrogen-bond donors (Lipinski definition) is 2. The summed E-state index contributed by atoms with van der Waals surface area (Å²) >= 11 is 0. The van der Waals surface area contributed by atoms with Crippen LogP contribution in [-0.4, -0.2) is 19.4 Å². The Kier molecular flexibility index (Phi) is 4.47. The Morgan fingerprint density at radius 3 is 2.54 bits per heavy atom. The molecule has 0 bridgehead atoms. The Balaban J connectivity index is 1.81. The third-order valence-electron chi connectivity index (χ3n) is 5.30. The highest BCUT2D eigenvalue weighted by Crippen LogP contribution is 2.28. The molecule has 0 unspecified atom stereocenters. The van der Waals surface area contributed by atoms with Crippen LogP contribution in [0.15, 0.2) is 47.7 Å². The lowest BCUT2D eigenvalue weighted by atomic mass is 10.0. The summed E-state index contributed by atoms with van der Waals surface area (Å²) in [4.78, 5) is 22.6. The molecule has 3 heterocycles. The maximum Gasteiger partial charge on any atom is 0.344 e. The van der Waals surface area contributed by atoms with E-state index in [-0.39, 0.29) is 5.69 Å². The van der Waals surface area contributed by atoms with Crippen LogP contribution >= 0.6 is 0 Å². The summed E-state index contributed by atoms with van der Waals surface area (Å²) < 4.78 is 2.09. The van der Waals surface area contributed by atoms with Gasteiger partial charge in [0.05, 0.1) is 11.4 Å². The zero-order chi connectivity index (χ0) is 19.8. The normalized spacial score (nSPS) is 11.1. The topological polar surface area (TPSA) is 75.1 Å². The van der Waals surface area contributed by atoms with Crippen molar-refractivity contribution in [2.45, 2.75) is 34.2 Å². The number of hydrogen-bond acceptors (Lipinski definition) is 4. The van der Waals surface area contributed by atoms with E-state index >= 15 is 0 Å². The van der Waals surface area contributed by atoms with Gasteiger partial charge in [0, 0.05) is 42.0 Å². The number of fused-ring (bicyclic) bond motifs is 1. The van der Waals surface area contributed by atoms with E-state index in [1.54, 1.807) is 12.4 Å². The van der Waals surface area contributed by atoms with Crippen LogP contribution in [-0.2, 0) is 6.54 Å². The predicted octanol–water partition coefficient (Wildman–Crippen LogP) is 3.93. The van der Waals surface area contributed by atoms with E-state index in [0.29, 0.717) is 6.54 Å². The molecule has 0 aliphatic heterocycles. The van der Waals surface area contributed by atoms with E-state index in [2.05, 4.69) is 64.7 Å². The quantitative estimate of drug-likeness (QED) is 0.568. The molecular weight excluding hydrogens is 350 g/mol. The van der Waals surface area contributed by atoms with Crippen LogP contribution in [0.2, 0.25) is 0 Å². The first-order valence-corrected chi connectivity index (χ1v) is 9.27. The summed E-state index contributed by atoms with van der Waals surface area (Å²) in [5.74, 6) is 0. The van der Waals surface area contributed by atoms with E-state index in [4.69, 9.17) is 4.98 Å². The average Bonchev–Trinajstić information content (AvgIpc) is 2.96. The fourth-order valence-electron chi connectivity index (χ4n) is 3.47. The van der Waals surface area contributed by atoms with E-state index < -0.39 is 0 Å². The Morgan fingerprint density at radius 2 is 1.86 bits per heavy atom. The molecule has 0 aliphatic rings. The lowest BCUT2D eigenvalue weighted by Crippen LogP contribution is -2.08. The zero-order valence-corrected chi connectivity index (χ0v) is 16.5. The summed E-state index contributed by atoms with van der Waals surface area (Å²) in [6.45, 7) is 9.04. The first-order chi connectivity index (χ1) is 13.4. The molecule has 6 nitrogen and oxygen atoms in total. The Morgan fingerprint density at radius 1 is 1.11 bits per heavy atom. The highest BCUT2D eigenvalue weighted by molar-refractivity contribution is 5.76. The predicted molar refractivity (Wildman–Crippen MR) is 112 cm³/mol. The lowest BCUT2D eigenvalue weighted by Gasteiger charge is -2.14. The van der Waals surface area contributed by atoms with E-state index in [1.165, 1.54) is 16.7 Å². The van der Waals surface area contributed by atoms with Gasteiger partial charge in [0.15, 0.2) is 5.65 Å². The first-order valence-electron chi connectivity index (χ1n) is 9.27. The molecule has 28 heavy (non-hydrogen) atoms. The maximum atomic E-state index is 11.3. The molecular formula is C22H23N5O. The van der Waals surface area contributed by atoms with Crippen molar-refractivity contribution in [3.8, 4) is 11.1 Å². The molecule has 0 radical (unpaired) electrons. The van der Waals surface area contributed by atoms with Crippen LogP contribution in [0.25, 0.3) is 16.8 Å². The van der Waals surface area contributed by atoms with Crippen molar-refractivity contribution in [3.05, 3.63) is 81.4 Å². The van der Waals surface area contributed by atoms with Crippen molar-refractivity contribution in [2.75, 3.05) is 5.32 Å². The van der Waals surface area contributed by atoms with E-state index in [9.17, 15) is 4.79 Å². The molecule has 0 atom stereocenters. The number of aromatic nitrogens is 4. The van der Waals surface area contributed by atoms with Gasteiger partial charge >= 0.3 is 5.69 Å². The standard InChI is InChI=1S/C22H23N5O/c1-13-6-5-7-14(2)19(13)11-23-20-8-17(18-9-24-22(28)25-10-18)12-27-16(4)15(3)26-21(20)27/h5-10,12,23H,11H2,1-4H3,(H,24,25,28). The lowest BCUT2D eigenvalue weighted by molar-refractivity contribution is 1.06. The van der Waals surface area contributed by atoms with Gasteiger partial charge in [-0.05, 0) is 50.5 Å². The second kappa shape index (κ2) is 6.96. The number of nitrogens with one attached hydrogen (secondary N) is 2. The fourth-order valence-corrected chi connectivity index (χ4v) is 3.47. The number of anilines is 1. The van der Waals surface area contributed by atoms with Gasteiger partial charge in [0.1, 0.15) is 0 Å². The summed E-state index contributed by atoms with van der Waals surface area (Å²) in [5, 5.41) is 3.57. The van der Waals surface area contributed by atoms with Crippen molar-refractivity contribution < 1.29 is 0 Å². The molecule has 3 aromatic heterocycles. The SMILES string of the molecule is Cc1cccc(C)c1CNc1cc(-c2cnc(=O)[nH]c2)cn2c(C)c(C)nc12. The second-order valence-electron chi connectivity index (χ2n) is 7.15. The third kappa shape index (κ3) is 3.17. The smallest absolute Gasteiger partial charge is 0.344 e. The van der Waals surface area contributed by atoms with Gasteiger partial charge in [-0.15, -0.1) is 0 Å². The molecule has 4 aromatic rings.